The second-order valence-corrected chi connectivity index (χ2v) is 10.3. The van der Waals surface area contributed by atoms with Gasteiger partial charge in [-0.3, -0.25) is 9.59 Å². The van der Waals surface area contributed by atoms with E-state index in [-0.39, 0.29) is 35.6 Å². The fraction of sp³-hybridized carbons (Fsp3) is 0.400. The maximum absolute atomic E-state index is 13.4. The second kappa shape index (κ2) is 8.90. The third-order valence-corrected chi connectivity index (χ3v) is 8.18. The van der Waals surface area contributed by atoms with Crippen molar-refractivity contribution in [3.63, 3.8) is 0 Å². The molecule has 174 valence electrons. The summed E-state index contributed by atoms with van der Waals surface area (Å²) in [6.07, 6.45) is 11.1. The molecule has 4 heteroatoms. The topological polar surface area (TPSA) is 52.6 Å². The highest BCUT2D eigenvalue weighted by Crippen LogP contribution is 2.47. The minimum atomic E-state index is -0.697. The minimum Gasteiger partial charge on any atom is -0.453 e. The van der Waals surface area contributed by atoms with Crippen molar-refractivity contribution in [1.82, 2.24) is 0 Å². The van der Waals surface area contributed by atoms with Gasteiger partial charge in [-0.15, -0.1) is 0 Å². The van der Waals surface area contributed by atoms with Crippen LogP contribution in [0.25, 0.3) is 0 Å². The zero-order chi connectivity index (χ0) is 23.1. The quantitative estimate of drug-likeness (QED) is 0.381. The standard InChI is InChI=1S/C30H30O4/c31-29(25-17-19-11-13-23(25)15-19)33-27(21-7-3-1-4-8-21)28(22-9-5-2-6-10-22)34-30(32)26-18-20-12-14-24(26)16-20/h1-14,19-20,23-28H,15-18H2/t19-,20-,23+,24+,25-,26-,27-,28-/m1/s1. The number of fused-ring (bicyclic) bond motifs is 4. The SMILES string of the molecule is O=C(O[C@H](c1ccccc1)[C@H](OC(=O)[C@@H]1C[C@@H]2C=C[C@H]1C2)c1ccccc1)[C@@H]1C[C@@H]2C=C[C@H]1C2. The van der Waals surface area contributed by atoms with Gasteiger partial charge in [-0.1, -0.05) is 85.0 Å². The van der Waals surface area contributed by atoms with Gasteiger partial charge in [-0.05, 0) is 60.5 Å². The number of ether oxygens (including phenoxy) is 2. The fourth-order valence-corrected chi connectivity index (χ4v) is 6.42. The van der Waals surface area contributed by atoms with Crippen LogP contribution in [0.2, 0.25) is 0 Å². The van der Waals surface area contributed by atoms with Gasteiger partial charge in [0.1, 0.15) is 0 Å². The molecule has 0 aromatic heterocycles. The zero-order valence-electron chi connectivity index (χ0n) is 19.2. The van der Waals surface area contributed by atoms with Crippen LogP contribution in [0.1, 0.15) is 49.0 Å². The molecule has 4 nitrogen and oxygen atoms in total. The molecule has 0 aliphatic heterocycles. The number of rotatable bonds is 7. The Balaban J connectivity index is 1.30. The van der Waals surface area contributed by atoms with E-state index in [2.05, 4.69) is 24.3 Å². The second-order valence-electron chi connectivity index (χ2n) is 10.3. The first kappa shape index (κ1) is 21.4. The van der Waals surface area contributed by atoms with E-state index in [1.807, 2.05) is 60.7 Å². The molecule has 8 atom stereocenters. The third-order valence-electron chi connectivity index (χ3n) is 8.18. The van der Waals surface area contributed by atoms with E-state index in [0.717, 1.165) is 36.8 Å². The lowest BCUT2D eigenvalue weighted by atomic mass is 9.92. The molecule has 0 spiro atoms. The molecule has 0 amide bonds. The Labute approximate surface area is 200 Å². The Kier molecular flexibility index (Phi) is 5.60. The molecular weight excluding hydrogens is 424 g/mol. The summed E-state index contributed by atoms with van der Waals surface area (Å²) in [5, 5.41) is 0. The molecule has 2 aromatic carbocycles. The number of esters is 2. The maximum Gasteiger partial charge on any atom is 0.310 e. The largest absolute Gasteiger partial charge is 0.453 e. The van der Waals surface area contributed by atoms with Crippen LogP contribution in [0.15, 0.2) is 85.0 Å². The molecule has 34 heavy (non-hydrogen) atoms. The summed E-state index contributed by atoms with van der Waals surface area (Å²) >= 11 is 0. The number of benzene rings is 2. The number of hydrogen-bond donors (Lipinski definition) is 0. The molecule has 2 fully saturated rings. The number of carbonyl (C=O) groups is 2. The van der Waals surface area contributed by atoms with Crippen LogP contribution >= 0.6 is 0 Å². The summed E-state index contributed by atoms with van der Waals surface area (Å²) < 4.78 is 12.5. The summed E-state index contributed by atoms with van der Waals surface area (Å²) in [6.45, 7) is 0. The number of carbonyl (C=O) groups excluding carboxylic acids is 2. The number of allylic oxidation sites excluding steroid dienone is 4. The van der Waals surface area contributed by atoms with Gasteiger partial charge in [0.15, 0.2) is 12.2 Å². The molecule has 0 heterocycles. The van der Waals surface area contributed by atoms with Gasteiger partial charge in [-0.2, -0.15) is 0 Å². The van der Waals surface area contributed by atoms with Crippen molar-refractivity contribution < 1.29 is 19.1 Å². The highest BCUT2D eigenvalue weighted by atomic mass is 16.6. The van der Waals surface area contributed by atoms with E-state index in [9.17, 15) is 9.59 Å². The third kappa shape index (κ3) is 4.00. The average Bonchev–Trinajstić information content (AvgIpc) is 3.69. The lowest BCUT2D eigenvalue weighted by Gasteiger charge is -2.31. The Hall–Kier alpha value is -3.14. The van der Waals surface area contributed by atoms with E-state index in [1.54, 1.807) is 0 Å². The highest BCUT2D eigenvalue weighted by molar-refractivity contribution is 5.76. The molecule has 4 aliphatic carbocycles. The van der Waals surface area contributed by atoms with Crippen LogP contribution in [-0.2, 0) is 19.1 Å². The van der Waals surface area contributed by atoms with Gasteiger partial charge in [0.2, 0.25) is 0 Å². The van der Waals surface area contributed by atoms with E-state index in [4.69, 9.17) is 9.47 Å². The van der Waals surface area contributed by atoms with E-state index in [1.165, 1.54) is 0 Å². The minimum absolute atomic E-state index is 0.121. The zero-order valence-corrected chi connectivity index (χ0v) is 19.2. The van der Waals surface area contributed by atoms with Crippen molar-refractivity contribution in [2.24, 2.45) is 35.5 Å². The Morgan fingerprint density at radius 2 is 1.00 bits per heavy atom. The van der Waals surface area contributed by atoms with Crippen molar-refractivity contribution >= 4 is 11.9 Å². The lowest BCUT2D eigenvalue weighted by molar-refractivity contribution is -0.176. The van der Waals surface area contributed by atoms with Crippen molar-refractivity contribution in [2.45, 2.75) is 37.9 Å². The van der Waals surface area contributed by atoms with Crippen LogP contribution < -0.4 is 0 Å². The van der Waals surface area contributed by atoms with E-state index < -0.39 is 12.2 Å². The Bertz CT molecular complexity index is 1020. The van der Waals surface area contributed by atoms with Crippen LogP contribution in [0.5, 0.6) is 0 Å². The Morgan fingerprint density at radius 3 is 1.32 bits per heavy atom. The first-order chi connectivity index (χ1) is 16.7. The van der Waals surface area contributed by atoms with Gasteiger partial charge < -0.3 is 9.47 Å². The van der Waals surface area contributed by atoms with Gasteiger partial charge in [-0.25, -0.2) is 0 Å². The molecule has 0 N–H and O–H groups in total. The maximum atomic E-state index is 13.4. The van der Waals surface area contributed by atoms with Gasteiger partial charge in [0.05, 0.1) is 11.8 Å². The first-order valence-corrected chi connectivity index (χ1v) is 12.5. The molecule has 4 bridgehead atoms. The van der Waals surface area contributed by atoms with Gasteiger partial charge >= 0.3 is 11.9 Å². The van der Waals surface area contributed by atoms with Gasteiger partial charge in [0, 0.05) is 0 Å². The van der Waals surface area contributed by atoms with Crippen LogP contribution in [0, 0.1) is 35.5 Å². The van der Waals surface area contributed by atoms with Crippen molar-refractivity contribution in [3.8, 4) is 0 Å². The number of hydrogen-bond acceptors (Lipinski definition) is 4. The van der Waals surface area contributed by atoms with Crippen LogP contribution in [-0.4, -0.2) is 11.9 Å². The fourth-order valence-electron chi connectivity index (χ4n) is 6.42. The lowest BCUT2D eigenvalue weighted by Crippen LogP contribution is -2.30. The average molecular weight is 455 g/mol. The molecule has 2 saturated carbocycles. The molecule has 6 rings (SSSR count). The molecule has 4 aliphatic rings. The first-order valence-electron chi connectivity index (χ1n) is 12.5. The Morgan fingerprint density at radius 1 is 0.588 bits per heavy atom. The van der Waals surface area contributed by atoms with Crippen LogP contribution in [0.4, 0.5) is 0 Å². The van der Waals surface area contributed by atoms with Crippen molar-refractivity contribution in [2.75, 3.05) is 0 Å². The predicted octanol–water partition coefficient (Wildman–Crippen LogP) is 5.98. The summed E-state index contributed by atoms with van der Waals surface area (Å²) in [4.78, 5) is 26.8. The van der Waals surface area contributed by atoms with Crippen molar-refractivity contribution in [1.29, 1.82) is 0 Å². The molecule has 2 aromatic rings. The van der Waals surface area contributed by atoms with Crippen LogP contribution in [0.3, 0.4) is 0 Å². The smallest absolute Gasteiger partial charge is 0.310 e. The van der Waals surface area contributed by atoms with E-state index in [0.29, 0.717) is 11.8 Å². The molecular formula is C30H30O4. The molecule has 0 radical (unpaired) electrons. The summed E-state index contributed by atoms with van der Waals surface area (Å²) in [6, 6.07) is 19.4. The normalized spacial score (nSPS) is 32.0. The monoisotopic (exact) mass is 454 g/mol. The van der Waals surface area contributed by atoms with E-state index >= 15 is 0 Å². The highest BCUT2D eigenvalue weighted by Gasteiger charge is 2.45. The predicted molar refractivity (Wildman–Crippen MR) is 128 cm³/mol. The summed E-state index contributed by atoms with van der Waals surface area (Å²) in [5.41, 5.74) is 1.67. The van der Waals surface area contributed by atoms with Gasteiger partial charge in [0.25, 0.3) is 0 Å². The van der Waals surface area contributed by atoms with Crippen molar-refractivity contribution in [3.05, 3.63) is 96.1 Å². The molecule has 0 saturated heterocycles. The summed E-state index contributed by atoms with van der Waals surface area (Å²) in [7, 11) is 0. The molecule has 0 unspecified atom stereocenters. The summed E-state index contributed by atoms with van der Waals surface area (Å²) in [5.74, 6) is 0.849.